The van der Waals surface area contributed by atoms with Crippen molar-refractivity contribution in [3.8, 4) is 5.75 Å². The number of aryl methyl sites for hydroxylation is 1. The summed E-state index contributed by atoms with van der Waals surface area (Å²) >= 11 is 0. The Hall–Kier alpha value is -2.14. The molecule has 1 atom stereocenters. The average molecular weight is 303 g/mol. The average Bonchev–Trinajstić information content (AvgIpc) is 2.49. The summed E-state index contributed by atoms with van der Waals surface area (Å²) < 4.78 is 30.4. The van der Waals surface area contributed by atoms with Crippen LogP contribution in [0.15, 0.2) is 58.4 Å². The number of ether oxygens (including phenoxy) is 1. The molecule has 2 rings (SSSR count). The first-order valence-corrected chi connectivity index (χ1v) is 7.94. The van der Waals surface area contributed by atoms with Crippen LogP contribution >= 0.6 is 0 Å². The first-order chi connectivity index (χ1) is 9.98. The van der Waals surface area contributed by atoms with Crippen LogP contribution in [0, 0.1) is 6.92 Å². The fraction of sp³-hybridized carbons (Fsp3) is 0.188. The molecular formula is C16H17NO3S. The molecule has 0 saturated carbocycles. The Morgan fingerprint density at radius 2 is 1.62 bits per heavy atom. The third-order valence-electron chi connectivity index (χ3n) is 3.21. The third-order valence-corrected chi connectivity index (χ3v) is 5.15. The van der Waals surface area contributed by atoms with Crippen LogP contribution in [-0.2, 0) is 9.84 Å². The van der Waals surface area contributed by atoms with Crippen LogP contribution in [0.5, 0.6) is 5.75 Å². The maximum Gasteiger partial charge on any atom is 0.205 e. The molecule has 0 aromatic heterocycles. The highest BCUT2D eigenvalue weighted by molar-refractivity contribution is 7.91. The number of benzene rings is 2. The van der Waals surface area contributed by atoms with Crippen molar-refractivity contribution in [3.63, 3.8) is 0 Å². The van der Waals surface area contributed by atoms with Crippen molar-refractivity contribution in [2.24, 2.45) is 4.99 Å². The fourth-order valence-corrected chi connectivity index (χ4v) is 3.49. The number of hydrogen-bond acceptors (Lipinski definition) is 4. The summed E-state index contributed by atoms with van der Waals surface area (Å²) in [6.07, 6.45) is 0. The Morgan fingerprint density at radius 1 is 1.05 bits per heavy atom. The largest absolute Gasteiger partial charge is 0.497 e. The second kappa shape index (κ2) is 6.10. The third kappa shape index (κ3) is 3.13. The lowest BCUT2D eigenvalue weighted by Crippen LogP contribution is -2.11. The van der Waals surface area contributed by atoms with Gasteiger partial charge in [-0.25, -0.2) is 8.42 Å². The van der Waals surface area contributed by atoms with E-state index in [4.69, 9.17) is 4.74 Å². The van der Waals surface area contributed by atoms with E-state index in [0.29, 0.717) is 11.3 Å². The molecule has 1 unspecified atom stereocenters. The molecule has 0 bridgehead atoms. The summed E-state index contributed by atoms with van der Waals surface area (Å²) in [6, 6.07) is 13.5. The zero-order valence-corrected chi connectivity index (χ0v) is 12.8. The standard InChI is InChI=1S/C16H17NO3S/c1-12-4-10-15(11-5-12)21(18,19)16(17-2)13-6-8-14(20-3)9-7-13/h4-11,16H,2H2,1,3H3. The zero-order valence-electron chi connectivity index (χ0n) is 12.0. The molecule has 21 heavy (non-hydrogen) atoms. The molecular weight excluding hydrogens is 286 g/mol. The van der Waals surface area contributed by atoms with Gasteiger partial charge in [0.15, 0.2) is 5.37 Å². The van der Waals surface area contributed by atoms with Gasteiger partial charge in [0.2, 0.25) is 9.84 Å². The van der Waals surface area contributed by atoms with Gasteiger partial charge in [-0.2, -0.15) is 0 Å². The predicted octanol–water partition coefficient (Wildman–Crippen LogP) is 3.18. The Morgan fingerprint density at radius 3 is 2.10 bits per heavy atom. The molecule has 0 aliphatic heterocycles. The minimum atomic E-state index is -3.61. The molecule has 0 aliphatic rings. The maximum atomic E-state index is 12.7. The normalized spacial score (nSPS) is 12.7. The van der Waals surface area contributed by atoms with E-state index in [2.05, 4.69) is 11.7 Å². The minimum absolute atomic E-state index is 0.237. The second-order valence-corrected chi connectivity index (χ2v) is 6.67. The molecule has 110 valence electrons. The molecule has 0 radical (unpaired) electrons. The van der Waals surface area contributed by atoms with Gasteiger partial charge in [0, 0.05) is 0 Å². The van der Waals surface area contributed by atoms with Crippen LogP contribution in [0.2, 0.25) is 0 Å². The molecule has 5 heteroatoms. The summed E-state index contributed by atoms with van der Waals surface area (Å²) in [5.41, 5.74) is 1.56. The lowest BCUT2D eigenvalue weighted by molar-refractivity contribution is 0.414. The van der Waals surface area contributed by atoms with Crippen molar-refractivity contribution in [2.75, 3.05) is 7.11 Å². The van der Waals surface area contributed by atoms with Crippen molar-refractivity contribution >= 4 is 16.6 Å². The van der Waals surface area contributed by atoms with Crippen molar-refractivity contribution in [1.82, 2.24) is 0 Å². The van der Waals surface area contributed by atoms with Crippen molar-refractivity contribution in [1.29, 1.82) is 0 Å². The highest BCUT2D eigenvalue weighted by atomic mass is 32.2. The lowest BCUT2D eigenvalue weighted by atomic mass is 10.2. The van der Waals surface area contributed by atoms with Crippen LogP contribution in [0.3, 0.4) is 0 Å². The second-order valence-electron chi connectivity index (χ2n) is 4.67. The van der Waals surface area contributed by atoms with Gasteiger partial charge in [-0.05, 0) is 43.5 Å². The SMILES string of the molecule is C=NC(c1ccc(OC)cc1)S(=O)(=O)c1ccc(C)cc1. The van der Waals surface area contributed by atoms with E-state index in [1.165, 1.54) is 0 Å². The Balaban J connectivity index is 2.43. The molecule has 0 aliphatic carbocycles. The van der Waals surface area contributed by atoms with E-state index in [-0.39, 0.29) is 4.90 Å². The number of nitrogens with zero attached hydrogens (tertiary/aromatic N) is 1. The van der Waals surface area contributed by atoms with Gasteiger partial charge < -0.3 is 4.74 Å². The van der Waals surface area contributed by atoms with Crippen LogP contribution in [0.1, 0.15) is 16.5 Å². The number of hydrogen-bond donors (Lipinski definition) is 0. The number of aliphatic imine (C=N–C) groups is 1. The molecule has 0 N–H and O–H groups in total. The van der Waals surface area contributed by atoms with Crippen molar-refractivity contribution in [2.45, 2.75) is 17.2 Å². The van der Waals surface area contributed by atoms with Gasteiger partial charge in [0.05, 0.1) is 12.0 Å². The Kier molecular flexibility index (Phi) is 4.43. The molecule has 0 fully saturated rings. The number of sulfone groups is 1. The molecule has 0 saturated heterocycles. The molecule has 2 aromatic rings. The Bertz CT molecular complexity index is 719. The van der Waals surface area contributed by atoms with Gasteiger partial charge in [-0.15, -0.1) is 0 Å². The summed E-state index contributed by atoms with van der Waals surface area (Å²) in [4.78, 5) is 4.04. The molecule has 2 aromatic carbocycles. The van der Waals surface area contributed by atoms with Gasteiger partial charge in [-0.1, -0.05) is 29.8 Å². The summed E-state index contributed by atoms with van der Waals surface area (Å²) in [5.74, 6) is 0.661. The summed E-state index contributed by atoms with van der Waals surface area (Å²) in [7, 11) is -2.05. The van der Waals surface area contributed by atoms with E-state index in [9.17, 15) is 8.42 Å². The van der Waals surface area contributed by atoms with Gasteiger partial charge in [-0.3, -0.25) is 4.99 Å². The van der Waals surface area contributed by atoms with Gasteiger partial charge in [0.1, 0.15) is 5.75 Å². The molecule has 4 nitrogen and oxygen atoms in total. The Labute approximate surface area is 125 Å². The van der Waals surface area contributed by atoms with E-state index in [0.717, 1.165) is 5.56 Å². The molecule has 0 spiro atoms. The summed E-state index contributed by atoms with van der Waals surface area (Å²) in [5, 5.41) is -1.02. The predicted molar refractivity (Wildman–Crippen MR) is 83.6 cm³/mol. The monoisotopic (exact) mass is 303 g/mol. The van der Waals surface area contributed by atoms with Gasteiger partial charge >= 0.3 is 0 Å². The molecule has 0 amide bonds. The topological polar surface area (TPSA) is 55.7 Å². The van der Waals surface area contributed by atoms with Gasteiger partial charge in [0.25, 0.3) is 0 Å². The smallest absolute Gasteiger partial charge is 0.205 e. The minimum Gasteiger partial charge on any atom is -0.497 e. The van der Waals surface area contributed by atoms with E-state index < -0.39 is 15.2 Å². The quantitative estimate of drug-likeness (QED) is 0.797. The summed E-state index contributed by atoms with van der Waals surface area (Å²) in [6.45, 7) is 5.33. The number of methoxy groups -OCH3 is 1. The zero-order chi connectivity index (χ0) is 15.5. The first-order valence-electron chi connectivity index (χ1n) is 6.39. The molecule has 0 heterocycles. The lowest BCUT2D eigenvalue weighted by Gasteiger charge is -2.14. The fourth-order valence-electron chi connectivity index (χ4n) is 2.01. The first kappa shape index (κ1) is 15.3. The van der Waals surface area contributed by atoms with Crippen LogP contribution in [0.4, 0.5) is 0 Å². The van der Waals surface area contributed by atoms with Crippen molar-refractivity contribution in [3.05, 3.63) is 59.7 Å². The highest BCUT2D eigenvalue weighted by Gasteiger charge is 2.27. The van der Waals surface area contributed by atoms with E-state index in [1.807, 2.05) is 6.92 Å². The van der Waals surface area contributed by atoms with Crippen LogP contribution in [-0.4, -0.2) is 22.2 Å². The number of rotatable bonds is 5. The van der Waals surface area contributed by atoms with Crippen LogP contribution < -0.4 is 4.74 Å². The highest BCUT2D eigenvalue weighted by Crippen LogP contribution is 2.30. The van der Waals surface area contributed by atoms with E-state index >= 15 is 0 Å². The van der Waals surface area contributed by atoms with Crippen molar-refractivity contribution < 1.29 is 13.2 Å². The maximum absolute atomic E-state index is 12.7. The van der Waals surface area contributed by atoms with E-state index in [1.54, 1.807) is 55.6 Å². The van der Waals surface area contributed by atoms with Crippen LogP contribution in [0.25, 0.3) is 0 Å².